The lowest BCUT2D eigenvalue weighted by Crippen LogP contribution is -1.84. The Morgan fingerprint density at radius 2 is 1.77 bits per heavy atom. The molecule has 0 aliphatic carbocycles. The fraction of sp³-hybridized carbons (Fsp3) is 0.111. The van der Waals surface area contributed by atoms with E-state index in [2.05, 4.69) is 0 Å². The number of hydrogen-bond acceptors (Lipinski definition) is 0. The standard InChI is InChI=1S/C9H6Cl3F/c1-5-2-6(4-7(13)3-5)8(10)9(11)12/h2-4H,1H3. The van der Waals surface area contributed by atoms with Gasteiger partial charge in [0.05, 0.1) is 5.03 Å². The highest BCUT2D eigenvalue weighted by atomic mass is 35.5. The molecule has 1 aromatic rings. The van der Waals surface area contributed by atoms with E-state index in [4.69, 9.17) is 34.8 Å². The van der Waals surface area contributed by atoms with Crippen LogP contribution < -0.4 is 0 Å². The van der Waals surface area contributed by atoms with Crippen LogP contribution in [0.5, 0.6) is 0 Å². The van der Waals surface area contributed by atoms with E-state index >= 15 is 0 Å². The van der Waals surface area contributed by atoms with E-state index in [-0.39, 0.29) is 15.3 Å². The van der Waals surface area contributed by atoms with Crippen LogP contribution in [0.1, 0.15) is 11.1 Å². The fourth-order valence-electron chi connectivity index (χ4n) is 0.972. The van der Waals surface area contributed by atoms with Gasteiger partial charge in [0.1, 0.15) is 10.3 Å². The Morgan fingerprint density at radius 3 is 2.23 bits per heavy atom. The number of hydrogen-bond donors (Lipinski definition) is 0. The molecule has 0 bridgehead atoms. The summed E-state index contributed by atoms with van der Waals surface area (Å²) in [6.45, 7) is 1.76. The minimum atomic E-state index is -0.359. The van der Waals surface area contributed by atoms with Gasteiger partial charge in [-0.15, -0.1) is 0 Å². The molecule has 1 rings (SSSR count). The van der Waals surface area contributed by atoms with Crippen LogP contribution in [0.4, 0.5) is 4.39 Å². The van der Waals surface area contributed by atoms with Gasteiger partial charge in [-0.05, 0) is 30.2 Å². The van der Waals surface area contributed by atoms with Crippen molar-refractivity contribution in [3.8, 4) is 0 Å². The molecule has 0 atom stereocenters. The fourth-order valence-corrected chi connectivity index (χ4v) is 1.30. The monoisotopic (exact) mass is 238 g/mol. The Bertz CT molecular complexity index is 334. The summed E-state index contributed by atoms with van der Waals surface area (Å²) in [5, 5.41) is 0.158. The highest BCUT2D eigenvalue weighted by Gasteiger charge is 2.05. The lowest BCUT2D eigenvalue weighted by Gasteiger charge is -2.01. The van der Waals surface area contributed by atoms with Crippen LogP contribution in [0.15, 0.2) is 22.7 Å². The van der Waals surface area contributed by atoms with Crippen molar-refractivity contribution in [1.82, 2.24) is 0 Å². The molecule has 0 spiro atoms. The molecule has 0 unspecified atom stereocenters. The van der Waals surface area contributed by atoms with Crippen molar-refractivity contribution < 1.29 is 4.39 Å². The van der Waals surface area contributed by atoms with E-state index < -0.39 is 0 Å². The van der Waals surface area contributed by atoms with Crippen LogP contribution in [0, 0.1) is 12.7 Å². The third-order valence-corrected chi connectivity index (χ3v) is 2.44. The van der Waals surface area contributed by atoms with Gasteiger partial charge in [0.25, 0.3) is 0 Å². The van der Waals surface area contributed by atoms with Gasteiger partial charge in [-0.2, -0.15) is 0 Å². The van der Waals surface area contributed by atoms with E-state index in [1.54, 1.807) is 13.0 Å². The predicted molar refractivity (Wildman–Crippen MR) is 55.6 cm³/mol. The Kier molecular flexibility index (Phi) is 3.60. The van der Waals surface area contributed by atoms with Crippen LogP contribution in [0.2, 0.25) is 0 Å². The Hall–Kier alpha value is -0.240. The summed E-state index contributed by atoms with van der Waals surface area (Å²) in [6.07, 6.45) is 0. The van der Waals surface area contributed by atoms with Gasteiger partial charge in [0, 0.05) is 0 Å². The second-order valence-electron chi connectivity index (χ2n) is 2.59. The molecule has 0 saturated heterocycles. The average Bonchev–Trinajstić information content (AvgIpc) is 2.01. The smallest absolute Gasteiger partial charge is 0.126 e. The molecule has 0 fully saturated rings. The van der Waals surface area contributed by atoms with Crippen molar-refractivity contribution in [2.45, 2.75) is 6.92 Å². The van der Waals surface area contributed by atoms with Crippen molar-refractivity contribution >= 4 is 39.8 Å². The van der Waals surface area contributed by atoms with E-state index in [9.17, 15) is 4.39 Å². The summed E-state index contributed by atoms with van der Waals surface area (Å²) in [4.78, 5) is 0. The molecule has 0 N–H and O–H groups in total. The first kappa shape index (κ1) is 10.8. The lowest BCUT2D eigenvalue weighted by atomic mass is 10.1. The van der Waals surface area contributed by atoms with E-state index in [1.165, 1.54) is 12.1 Å². The molecule has 70 valence electrons. The van der Waals surface area contributed by atoms with Crippen LogP contribution >= 0.6 is 34.8 Å². The minimum Gasteiger partial charge on any atom is -0.207 e. The molecule has 0 aromatic heterocycles. The number of aryl methyl sites for hydroxylation is 1. The Labute approximate surface area is 90.9 Å². The molecule has 0 aliphatic rings. The molecule has 0 nitrogen and oxygen atoms in total. The van der Waals surface area contributed by atoms with Crippen LogP contribution in [0.25, 0.3) is 5.03 Å². The molecule has 0 saturated carbocycles. The number of benzene rings is 1. The van der Waals surface area contributed by atoms with Crippen molar-refractivity contribution in [2.24, 2.45) is 0 Å². The maximum Gasteiger partial charge on any atom is 0.126 e. The first-order valence-electron chi connectivity index (χ1n) is 3.49. The summed E-state index contributed by atoms with van der Waals surface area (Å²) in [6, 6.07) is 4.38. The molecule has 0 aliphatic heterocycles. The van der Waals surface area contributed by atoms with Gasteiger partial charge in [-0.25, -0.2) is 4.39 Å². The first-order chi connectivity index (χ1) is 6.00. The number of rotatable bonds is 1. The minimum absolute atomic E-state index is 0.0633. The van der Waals surface area contributed by atoms with Crippen molar-refractivity contribution in [3.63, 3.8) is 0 Å². The van der Waals surface area contributed by atoms with E-state index in [1.807, 2.05) is 0 Å². The average molecular weight is 240 g/mol. The summed E-state index contributed by atoms with van der Waals surface area (Å²) in [5.74, 6) is -0.359. The zero-order valence-electron chi connectivity index (χ0n) is 6.74. The molecular weight excluding hydrogens is 233 g/mol. The second-order valence-corrected chi connectivity index (χ2v) is 3.92. The summed E-state index contributed by atoms with van der Waals surface area (Å²) >= 11 is 16.7. The topological polar surface area (TPSA) is 0 Å². The molecule has 0 amide bonds. The third-order valence-electron chi connectivity index (χ3n) is 1.46. The van der Waals surface area contributed by atoms with Gasteiger partial charge >= 0.3 is 0 Å². The summed E-state index contributed by atoms with van der Waals surface area (Å²) in [7, 11) is 0. The van der Waals surface area contributed by atoms with Crippen LogP contribution in [-0.2, 0) is 0 Å². The van der Waals surface area contributed by atoms with Crippen molar-refractivity contribution in [2.75, 3.05) is 0 Å². The molecule has 1 aromatic carbocycles. The van der Waals surface area contributed by atoms with Crippen LogP contribution in [-0.4, -0.2) is 0 Å². The second kappa shape index (κ2) is 4.32. The molecule has 0 heterocycles. The third kappa shape index (κ3) is 2.87. The summed E-state index contributed by atoms with van der Waals surface area (Å²) in [5.41, 5.74) is 1.25. The highest BCUT2D eigenvalue weighted by molar-refractivity contribution is 6.66. The Balaban J connectivity index is 3.24. The maximum absolute atomic E-state index is 12.9. The van der Waals surface area contributed by atoms with Gasteiger partial charge < -0.3 is 0 Å². The quantitative estimate of drug-likeness (QED) is 0.678. The van der Waals surface area contributed by atoms with E-state index in [0.29, 0.717) is 5.56 Å². The summed E-state index contributed by atoms with van der Waals surface area (Å²) < 4.78 is 12.8. The van der Waals surface area contributed by atoms with Gasteiger partial charge in [0.2, 0.25) is 0 Å². The zero-order valence-corrected chi connectivity index (χ0v) is 9.01. The predicted octanol–water partition coefficient (Wildman–Crippen LogP) is 4.48. The van der Waals surface area contributed by atoms with E-state index in [0.717, 1.165) is 5.56 Å². The molecule has 4 heteroatoms. The molecule has 0 radical (unpaired) electrons. The number of halogens is 4. The lowest BCUT2D eigenvalue weighted by molar-refractivity contribution is 0.626. The SMILES string of the molecule is Cc1cc(F)cc(C(Cl)=C(Cl)Cl)c1. The zero-order chi connectivity index (χ0) is 10.0. The largest absolute Gasteiger partial charge is 0.207 e. The van der Waals surface area contributed by atoms with Gasteiger partial charge in [-0.3, -0.25) is 0 Å². The first-order valence-corrected chi connectivity index (χ1v) is 4.62. The van der Waals surface area contributed by atoms with Crippen LogP contribution in [0.3, 0.4) is 0 Å². The van der Waals surface area contributed by atoms with Crippen molar-refractivity contribution in [1.29, 1.82) is 0 Å². The normalized spacial score (nSPS) is 9.92. The van der Waals surface area contributed by atoms with Crippen molar-refractivity contribution in [3.05, 3.63) is 39.6 Å². The maximum atomic E-state index is 12.9. The van der Waals surface area contributed by atoms with Gasteiger partial charge in [0.15, 0.2) is 0 Å². The molecule has 13 heavy (non-hydrogen) atoms. The highest BCUT2D eigenvalue weighted by Crippen LogP contribution is 2.28. The van der Waals surface area contributed by atoms with Gasteiger partial charge in [-0.1, -0.05) is 40.9 Å². The Morgan fingerprint density at radius 1 is 1.15 bits per heavy atom. The molecular formula is C9H6Cl3F.